The minimum absolute atomic E-state index is 0.0691. The number of allylic oxidation sites excluding steroid dienone is 9. The molecule has 2 rings (SSSR count). The van der Waals surface area contributed by atoms with Crippen LogP contribution in [0.1, 0.15) is 0 Å². The molecule has 1 spiro atoms. The van der Waals surface area contributed by atoms with Crippen molar-refractivity contribution in [2.45, 2.75) is 0 Å². The molecule has 0 aliphatic heterocycles. The third-order valence-corrected chi connectivity index (χ3v) is 2.10. The second kappa shape index (κ2) is 2.47. The highest BCUT2D eigenvalue weighted by Crippen LogP contribution is 2.32. The fraction of sp³-hybridized carbons (Fsp3) is 0.0909. The lowest BCUT2D eigenvalue weighted by molar-refractivity contribution is 0.568. The minimum Gasteiger partial charge on any atom is -0.233 e. The molecule has 0 aromatic rings. The Labute approximate surface area is 71.1 Å². The summed E-state index contributed by atoms with van der Waals surface area (Å²) < 4.78 is 0. The second-order valence-electron chi connectivity index (χ2n) is 2.94. The van der Waals surface area contributed by atoms with Gasteiger partial charge in [0.05, 0.1) is 5.57 Å². The van der Waals surface area contributed by atoms with Crippen LogP contribution in [0.5, 0.6) is 0 Å². The van der Waals surface area contributed by atoms with Crippen LogP contribution in [-0.2, 0) is 4.79 Å². The minimum atomic E-state index is -0.0691. The zero-order valence-corrected chi connectivity index (χ0v) is 6.53. The first-order valence-electron chi connectivity index (χ1n) is 3.85. The van der Waals surface area contributed by atoms with Crippen molar-refractivity contribution in [1.29, 1.82) is 0 Å². The van der Waals surface area contributed by atoms with Crippen LogP contribution < -0.4 is 0 Å². The van der Waals surface area contributed by atoms with E-state index in [1.165, 1.54) is 0 Å². The van der Waals surface area contributed by atoms with E-state index < -0.39 is 0 Å². The van der Waals surface area contributed by atoms with Crippen molar-refractivity contribution >= 4 is 5.94 Å². The summed E-state index contributed by atoms with van der Waals surface area (Å²) in [6, 6.07) is 0. The summed E-state index contributed by atoms with van der Waals surface area (Å²) in [7, 11) is 0. The third-order valence-electron chi connectivity index (χ3n) is 2.10. The molecule has 0 fully saturated rings. The van der Waals surface area contributed by atoms with Gasteiger partial charge in [0, 0.05) is 5.41 Å². The van der Waals surface area contributed by atoms with Gasteiger partial charge >= 0.3 is 0 Å². The summed E-state index contributed by atoms with van der Waals surface area (Å²) in [5.74, 6) is 1.86. The third kappa shape index (κ3) is 1.01. The van der Waals surface area contributed by atoms with E-state index in [1.54, 1.807) is 12.2 Å². The molecule has 2 aliphatic carbocycles. The van der Waals surface area contributed by atoms with Gasteiger partial charge in [0.25, 0.3) is 0 Å². The van der Waals surface area contributed by atoms with Crippen molar-refractivity contribution in [1.82, 2.24) is 0 Å². The van der Waals surface area contributed by atoms with E-state index in [1.807, 2.05) is 30.2 Å². The van der Waals surface area contributed by atoms with Crippen LogP contribution in [0.3, 0.4) is 0 Å². The SMILES string of the molecule is O=C=C1C=CC2(C=CC=C2)C=C1. The van der Waals surface area contributed by atoms with E-state index in [4.69, 9.17) is 0 Å². The number of carbonyl (C=O) groups excluding carboxylic acids is 1. The molecule has 0 bridgehead atoms. The van der Waals surface area contributed by atoms with Gasteiger partial charge in [0.1, 0.15) is 5.94 Å². The van der Waals surface area contributed by atoms with Crippen molar-refractivity contribution in [3.8, 4) is 0 Å². The van der Waals surface area contributed by atoms with Crippen molar-refractivity contribution in [3.63, 3.8) is 0 Å². The Bertz CT molecular complexity index is 330. The summed E-state index contributed by atoms with van der Waals surface area (Å²) in [4.78, 5) is 10.3. The zero-order chi connectivity index (χ0) is 8.44. The van der Waals surface area contributed by atoms with Crippen LogP contribution in [0.15, 0.2) is 54.2 Å². The van der Waals surface area contributed by atoms with E-state index in [0.717, 1.165) is 0 Å². The smallest absolute Gasteiger partial charge is 0.132 e. The van der Waals surface area contributed by atoms with Crippen molar-refractivity contribution in [2.75, 3.05) is 0 Å². The van der Waals surface area contributed by atoms with Crippen LogP contribution in [-0.4, -0.2) is 5.94 Å². The Kier molecular flexibility index (Phi) is 1.46. The predicted molar refractivity (Wildman–Crippen MR) is 48.2 cm³/mol. The molecule has 0 atom stereocenters. The molecule has 1 heteroatoms. The van der Waals surface area contributed by atoms with Gasteiger partial charge in [0.15, 0.2) is 0 Å². The van der Waals surface area contributed by atoms with E-state index in [-0.39, 0.29) is 5.41 Å². The van der Waals surface area contributed by atoms with E-state index >= 15 is 0 Å². The van der Waals surface area contributed by atoms with Crippen molar-refractivity contribution in [2.24, 2.45) is 5.41 Å². The van der Waals surface area contributed by atoms with E-state index in [9.17, 15) is 4.79 Å². The van der Waals surface area contributed by atoms with Crippen LogP contribution >= 0.6 is 0 Å². The van der Waals surface area contributed by atoms with Crippen molar-refractivity contribution in [3.05, 3.63) is 54.2 Å². The molecule has 0 saturated carbocycles. The number of hydrogen-bond donors (Lipinski definition) is 0. The largest absolute Gasteiger partial charge is 0.233 e. The fourth-order valence-electron chi connectivity index (χ4n) is 1.37. The lowest BCUT2D eigenvalue weighted by Gasteiger charge is -2.18. The van der Waals surface area contributed by atoms with Crippen LogP contribution in [0.4, 0.5) is 0 Å². The standard InChI is InChI=1S/C11H8O/c12-9-10-3-7-11(8-4-10)5-1-2-6-11/h1-8H. The summed E-state index contributed by atoms with van der Waals surface area (Å²) in [6.07, 6.45) is 15.8. The molecule has 1 nitrogen and oxygen atoms in total. The second-order valence-corrected chi connectivity index (χ2v) is 2.94. The first-order chi connectivity index (χ1) is 5.85. The molecule has 0 radical (unpaired) electrons. The Morgan fingerprint density at radius 1 is 1.00 bits per heavy atom. The maximum absolute atomic E-state index is 10.3. The lowest BCUT2D eigenvalue weighted by Crippen LogP contribution is -2.07. The van der Waals surface area contributed by atoms with Crippen LogP contribution in [0.2, 0.25) is 0 Å². The van der Waals surface area contributed by atoms with E-state index in [0.29, 0.717) is 5.57 Å². The fourth-order valence-corrected chi connectivity index (χ4v) is 1.37. The predicted octanol–water partition coefficient (Wildman–Crippen LogP) is 1.98. The van der Waals surface area contributed by atoms with Crippen molar-refractivity contribution < 1.29 is 4.79 Å². The molecule has 0 aromatic heterocycles. The number of rotatable bonds is 0. The maximum atomic E-state index is 10.3. The van der Waals surface area contributed by atoms with Gasteiger partial charge in [0.2, 0.25) is 0 Å². The van der Waals surface area contributed by atoms with Crippen LogP contribution in [0, 0.1) is 5.41 Å². The molecular weight excluding hydrogens is 148 g/mol. The molecule has 0 heterocycles. The average Bonchev–Trinajstić information content (AvgIpc) is 2.55. The first kappa shape index (κ1) is 7.08. The average molecular weight is 156 g/mol. The highest BCUT2D eigenvalue weighted by Gasteiger charge is 2.20. The Hall–Kier alpha value is -1.59. The van der Waals surface area contributed by atoms with Gasteiger partial charge in [-0.15, -0.1) is 0 Å². The molecule has 0 aromatic carbocycles. The molecule has 0 unspecified atom stereocenters. The summed E-state index contributed by atoms with van der Waals surface area (Å²) in [5, 5.41) is 0. The summed E-state index contributed by atoms with van der Waals surface area (Å²) in [5.41, 5.74) is 0.537. The molecule has 0 N–H and O–H groups in total. The zero-order valence-electron chi connectivity index (χ0n) is 6.53. The molecular formula is C11H8O. The summed E-state index contributed by atoms with van der Waals surface area (Å²) in [6.45, 7) is 0. The topological polar surface area (TPSA) is 17.1 Å². The Balaban J connectivity index is 2.38. The molecule has 12 heavy (non-hydrogen) atoms. The molecule has 58 valence electrons. The highest BCUT2D eigenvalue weighted by atomic mass is 16.1. The summed E-state index contributed by atoms with van der Waals surface area (Å²) >= 11 is 0. The highest BCUT2D eigenvalue weighted by molar-refractivity contribution is 5.64. The molecule has 2 aliphatic rings. The Morgan fingerprint density at radius 3 is 2.08 bits per heavy atom. The number of hydrogen-bond acceptors (Lipinski definition) is 1. The monoisotopic (exact) mass is 156 g/mol. The van der Waals surface area contributed by atoms with Gasteiger partial charge in [-0.1, -0.05) is 36.5 Å². The van der Waals surface area contributed by atoms with Crippen LogP contribution in [0.25, 0.3) is 0 Å². The van der Waals surface area contributed by atoms with E-state index in [2.05, 4.69) is 12.2 Å². The van der Waals surface area contributed by atoms with Gasteiger partial charge in [-0.2, -0.15) is 0 Å². The van der Waals surface area contributed by atoms with Gasteiger partial charge in [-0.3, -0.25) is 0 Å². The van der Waals surface area contributed by atoms with Gasteiger partial charge in [-0.25, -0.2) is 4.79 Å². The Morgan fingerprint density at radius 2 is 1.58 bits per heavy atom. The van der Waals surface area contributed by atoms with Gasteiger partial charge in [-0.05, 0) is 12.2 Å². The normalized spacial score (nSPS) is 22.2. The first-order valence-corrected chi connectivity index (χ1v) is 3.85. The maximum Gasteiger partial charge on any atom is 0.132 e. The lowest BCUT2D eigenvalue weighted by atomic mass is 9.85. The quantitative estimate of drug-likeness (QED) is 0.490. The molecule has 0 amide bonds. The molecule has 0 saturated heterocycles. The van der Waals surface area contributed by atoms with Gasteiger partial charge < -0.3 is 0 Å².